The molecule has 180 valence electrons. The predicted octanol–water partition coefficient (Wildman–Crippen LogP) is 7.76. The number of esters is 1. The van der Waals surface area contributed by atoms with Crippen LogP contribution in [0.2, 0.25) is 0 Å². The zero-order chi connectivity index (χ0) is 23.9. The molecule has 0 saturated heterocycles. The fourth-order valence-corrected chi connectivity index (χ4v) is 8.35. The van der Waals surface area contributed by atoms with Crippen LogP contribution in [0.4, 0.5) is 0 Å². The van der Waals surface area contributed by atoms with Crippen LogP contribution in [-0.4, -0.2) is 12.1 Å². The van der Waals surface area contributed by atoms with E-state index in [0.29, 0.717) is 28.7 Å². The Morgan fingerprint density at radius 1 is 1.09 bits per heavy atom. The van der Waals surface area contributed by atoms with Crippen LogP contribution in [0.3, 0.4) is 0 Å². The summed E-state index contributed by atoms with van der Waals surface area (Å²) in [6.45, 7) is 7.52. The van der Waals surface area contributed by atoms with E-state index in [4.69, 9.17) is 11.2 Å². The van der Waals surface area contributed by atoms with Gasteiger partial charge in [-0.3, -0.25) is 0 Å². The Hall–Kier alpha value is -2.27. The summed E-state index contributed by atoms with van der Waals surface area (Å²) in [7, 11) is 0. The van der Waals surface area contributed by atoms with Gasteiger partial charge in [0.25, 0.3) is 0 Å². The average molecular weight is 457 g/mol. The van der Waals surface area contributed by atoms with Gasteiger partial charge in [-0.25, -0.2) is 4.79 Å². The molecule has 2 nitrogen and oxygen atoms in total. The molecule has 1 aromatic rings. The van der Waals surface area contributed by atoms with Crippen LogP contribution in [0, 0.1) is 46.8 Å². The number of fused-ring (bicyclic) bond motifs is 5. The molecular formula is C32H40O2. The molecule has 0 bridgehead atoms. The van der Waals surface area contributed by atoms with E-state index in [-0.39, 0.29) is 17.5 Å². The Balaban J connectivity index is 1.33. The van der Waals surface area contributed by atoms with E-state index in [2.05, 4.69) is 38.8 Å². The predicted molar refractivity (Wildman–Crippen MR) is 138 cm³/mol. The summed E-state index contributed by atoms with van der Waals surface area (Å²) in [6.07, 6.45) is 20.8. The highest BCUT2D eigenvalue weighted by molar-refractivity contribution is 5.89. The van der Waals surface area contributed by atoms with Crippen molar-refractivity contribution >= 4 is 5.97 Å². The number of carbonyl (C=O) groups is 1. The van der Waals surface area contributed by atoms with Crippen molar-refractivity contribution in [2.24, 2.45) is 34.5 Å². The molecule has 3 fully saturated rings. The quantitative estimate of drug-likeness (QED) is 0.334. The van der Waals surface area contributed by atoms with Crippen molar-refractivity contribution < 1.29 is 9.53 Å². The average Bonchev–Trinajstić information content (AvgIpc) is 3.20. The van der Waals surface area contributed by atoms with Crippen LogP contribution in [-0.2, 0) is 4.74 Å². The van der Waals surface area contributed by atoms with Crippen LogP contribution < -0.4 is 0 Å². The van der Waals surface area contributed by atoms with Gasteiger partial charge in [0.1, 0.15) is 6.10 Å². The zero-order valence-corrected chi connectivity index (χ0v) is 21.2. The number of hydrogen-bond donors (Lipinski definition) is 0. The topological polar surface area (TPSA) is 26.3 Å². The van der Waals surface area contributed by atoms with Gasteiger partial charge in [0.15, 0.2) is 0 Å². The summed E-state index contributed by atoms with van der Waals surface area (Å²) in [5.74, 6) is 5.54. The number of hydrogen-bond acceptors (Lipinski definition) is 2. The van der Waals surface area contributed by atoms with Gasteiger partial charge in [-0.05, 0) is 91.6 Å². The second kappa shape index (κ2) is 9.07. The smallest absolute Gasteiger partial charge is 0.338 e. The van der Waals surface area contributed by atoms with Crippen molar-refractivity contribution in [3.63, 3.8) is 0 Å². The first-order chi connectivity index (χ1) is 16.4. The molecule has 3 saturated carbocycles. The molecule has 0 heterocycles. The lowest BCUT2D eigenvalue weighted by molar-refractivity contribution is 0.00584. The van der Waals surface area contributed by atoms with E-state index in [1.807, 2.05) is 30.3 Å². The van der Waals surface area contributed by atoms with Crippen LogP contribution in [0.1, 0.15) is 88.9 Å². The molecule has 4 aliphatic rings. The third-order valence-electron chi connectivity index (χ3n) is 10.3. The number of terminal acetylenes is 1. The maximum atomic E-state index is 12.6. The lowest BCUT2D eigenvalue weighted by Gasteiger charge is -2.55. The van der Waals surface area contributed by atoms with Gasteiger partial charge in [-0.1, -0.05) is 62.3 Å². The van der Waals surface area contributed by atoms with Crippen molar-refractivity contribution in [1.29, 1.82) is 0 Å². The lowest BCUT2D eigenvalue weighted by Crippen LogP contribution is -2.46. The van der Waals surface area contributed by atoms with Gasteiger partial charge in [0.2, 0.25) is 0 Å². The molecule has 4 aliphatic carbocycles. The third kappa shape index (κ3) is 3.86. The fourth-order valence-electron chi connectivity index (χ4n) is 8.35. The van der Waals surface area contributed by atoms with E-state index in [9.17, 15) is 4.79 Å². The Kier molecular flexibility index (Phi) is 6.26. The molecule has 34 heavy (non-hydrogen) atoms. The van der Waals surface area contributed by atoms with Gasteiger partial charge in [-0.15, -0.1) is 12.3 Å². The SMILES string of the molecule is C#CCCC(C)C1CC[C@H]2C3=CC=C4CC(OC(=O)c5ccccc5)CC[C@]4(C)[C@H]3CC[C@]12C. The second-order valence-electron chi connectivity index (χ2n) is 12.0. The van der Waals surface area contributed by atoms with Crippen molar-refractivity contribution in [3.8, 4) is 12.3 Å². The lowest BCUT2D eigenvalue weighted by atomic mass is 9.50. The molecule has 3 unspecified atom stereocenters. The number of allylic oxidation sites excluding steroid dienone is 3. The molecule has 0 N–H and O–H groups in total. The number of rotatable bonds is 5. The van der Waals surface area contributed by atoms with Crippen molar-refractivity contribution in [1.82, 2.24) is 0 Å². The first-order valence-corrected chi connectivity index (χ1v) is 13.5. The van der Waals surface area contributed by atoms with Gasteiger partial charge in [0, 0.05) is 12.8 Å². The maximum Gasteiger partial charge on any atom is 0.338 e. The summed E-state index contributed by atoms with van der Waals surface area (Å²) in [4.78, 5) is 12.6. The minimum Gasteiger partial charge on any atom is -0.458 e. The van der Waals surface area contributed by atoms with Crippen LogP contribution in [0.25, 0.3) is 0 Å². The Bertz CT molecular complexity index is 1030. The number of carbonyl (C=O) groups excluding carboxylic acids is 1. The van der Waals surface area contributed by atoms with Gasteiger partial charge >= 0.3 is 5.97 Å². The summed E-state index contributed by atoms with van der Waals surface area (Å²) < 4.78 is 5.95. The van der Waals surface area contributed by atoms with Gasteiger partial charge in [0.05, 0.1) is 5.56 Å². The summed E-state index contributed by atoms with van der Waals surface area (Å²) in [5, 5.41) is 0. The third-order valence-corrected chi connectivity index (χ3v) is 10.3. The van der Waals surface area contributed by atoms with E-state index in [1.165, 1.54) is 31.3 Å². The highest BCUT2D eigenvalue weighted by Gasteiger charge is 2.57. The molecule has 1 aromatic carbocycles. The van der Waals surface area contributed by atoms with E-state index >= 15 is 0 Å². The molecule has 0 radical (unpaired) electrons. The standard InChI is InChI=1S/C32H40O2/c1-5-6-10-22(2)27-15-16-28-26-14-13-24-21-25(34-30(33)23-11-8-7-9-12-23)17-19-31(24,3)29(26)18-20-32(27,28)4/h1,7-9,11-14,22,25,27-29H,6,10,15-21H2,2-4H3/t22?,25?,27?,28-,29-,31-,32+/m0/s1. The van der Waals surface area contributed by atoms with E-state index in [1.54, 1.807) is 5.57 Å². The number of benzene rings is 1. The number of ether oxygens (including phenoxy) is 1. The second-order valence-corrected chi connectivity index (χ2v) is 12.0. The van der Waals surface area contributed by atoms with Crippen molar-refractivity contribution in [2.45, 2.75) is 84.7 Å². The minimum absolute atomic E-state index is 0.0105. The van der Waals surface area contributed by atoms with Crippen LogP contribution in [0.15, 0.2) is 53.6 Å². The Labute approximate surface area is 206 Å². The Morgan fingerprint density at radius 2 is 1.88 bits per heavy atom. The monoisotopic (exact) mass is 456 g/mol. The maximum absolute atomic E-state index is 12.6. The summed E-state index contributed by atoms with van der Waals surface area (Å²) >= 11 is 0. The molecule has 5 rings (SSSR count). The van der Waals surface area contributed by atoms with Gasteiger partial charge < -0.3 is 4.74 Å². The highest BCUT2D eigenvalue weighted by atomic mass is 16.5. The normalized spacial score (nSPS) is 37.2. The molecule has 0 spiro atoms. The minimum atomic E-state index is -0.189. The fraction of sp³-hybridized carbons (Fsp3) is 0.594. The van der Waals surface area contributed by atoms with Crippen molar-refractivity contribution in [3.05, 3.63) is 59.2 Å². The molecule has 7 atom stereocenters. The van der Waals surface area contributed by atoms with E-state index in [0.717, 1.165) is 38.0 Å². The first-order valence-electron chi connectivity index (χ1n) is 13.5. The highest BCUT2D eigenvalue weighted by Crippen LogP contribution is 2.66. The van der Waals surface area contributed by atoms with Crippen LogP contribution in [0.5, 0.6) is 0 Å². The molecule has 2 heteroatoms. The molecule has 0 aliphatic heterocycles. The van der Waals surface area contributed by atoms with Gasteiger partial charge in [-0.2, -0.15) is 0 Å². The van der Waals surface area contributed by atoms with E-state index < -0.39 is 0 Å². The molecule has 0 amide bonds. The van der Waals surface area contributed by atoms with Crippen LogP contribution >= 0.6 is 0 Å². The summed E-state index contributed by atoms with van der Waals surface area (Å²) in [6, 6.07) is 9.39. The zero-order valence-electron chi connectivity index (χ0n) is 21.2. The van der Waals surface area contributed by atoms with Crippen molar-refractivity contribution in [2.75, 3.05) is 0 Å². The molecular weight excluding hydrogens is 416 g/mol. The first kappa shape index (κ1) is 23.5. The molecule has 0 aromatic heterocycles. The summed E-state index contributed by atoms with van der Waals surface area (Å²) in [5.41, 5.74) is 4.51. The largest absolute Gasteiger partial charge is 0.458 e. The Morgan fingerprint density at radius 3 is 2.65 bits per heavy atom.